The molecule has 0 aliphatic carbocycles. The number of hydrogen-bond donors (Lipinski definition) is 1. The van der Waals surface area contributed by atoms with E-state index in [-0.39, 0.29) is 29.4 Å². The molecule has 0 spiro atoms. The second kappa shape index (κ2) is 11.4. The van der Waals surface area contributed by atoms with E-state index in [9.17, 15) is 19.7 Å². The number of hydrazone groups is 1. The second-order valence-electron chi connectivity index (χ2n) is 7.51. The summed E-state index contributed by atoms with van der Waals surface area (Å²) in [7, 11) is 1.41. The molecule has 10 heteroatoms. The molecule has 0 aliphatic rings. The van der Waals surface area contributed by atoms with Crippen LogP contribution in [0.1, 0.15) is 27.0 Å². The van der Waals surface area contributed by atoms with E-state index in [1.807, 2.05) is 32.0 Å². The van der Waals surface area contributed by atoms with Crippen LogP contribution >= 0.6 is 0 Å². The number of nitrogens with one attached hydrogen (secondary N) is 1. The number of benzene rings is 3. The van der Waals surface area contributed by atoms with Crippen LogP contribution in [0, 0.1) is 24.0 Å². The lowest BCUT2D eigenvalue weighted by molar-refractivity contribution is -0.384. The number of esters is 1. The van der Waals surface area contributed by atoms with Gasteiger partial charge in [-0.05, 0) is 73.0 Å². The summed E-state index contributed by atoms with van der Waals surface area (Å²) in [6.45, 7) is 3.70. The zero-order chi connectivity index (χ0) is 25.4. The van der Waals surface area contributed by atoms with Crippen LogP contribution in [0.3, 0.4) is 0 Å². The van der Waals surface area contributed by atoms with E-state index in [4.69, 9.17) is 14.2 Å². The molecule has 0 radical (unpaired) electrons. The van der Waals surface area contributed by atoms with Gasteiger partial charge in [0.15, 0.2) is 18.1 Å². The summed E-state index contributed by atoms with van der Waals surface area (Å²) < 4.78 is 16.1. The molecule has 1 amide bonds. The molecule has 35 heavy (non-hydrogen) atoms. The van der Waals surface area contributed by atoms with Crippen LogP contribution in [-0.4, -0.2) is 36.7 Å². The van der Waals surface area contributed by atoms with Gasteiger partial charge in [0.05, 0.1) is 23.8 Å². The topological polar surface area (TPSA) is 129 Å². The Balaban J connectivity index is 1.57. The third kappa shape index (κ3) is 7.13. The van der Waals surface area contributed by atoms with Crippen molar-refractivity contribution in [3.05, 3.63) is 93.0 Å². The molecule has 3 aromatic rings. The molecule has 0 aromatic heterocycles. The Labute approximate surface area is 201 Å². The largest absolute Gasteiger partial charge is 0.493 e. The molecule has 3 rings (SSSR count). The minimum atomic E-state index is -0.698. The predicted octanol–water partition coefficient (Wildman–Crippen LogP) is 3.97. The second-order valence-corrected chi connectivity index (χ2v) is 7.51. The van der Waals surface area contributed by atoms with Crippen molar-refractivity contribution in [2.75, 3.05) is 13.7 Å². The summed E-state index contributed by atoms with van der Waals surface area (Å²) in [5.74, 6) is -0.116. The highest BCUT2D eigenvalue weighted by Gasteiger charge is 2.14. The van der Waals surface area contributed by atoms with Crippen LogP contribution in [0.15, 0.2) is 65.8 Å². The van der Waals surface area contributed by atoms with Crippen LogP contribution in [-0.2, 0) is 4.79 Å². The van der Waals surface area contributed by atoms with E-state index in [0.29, 0.717) is 11.3 Å². The zero-order valence-corrected chi connectivity index (χ0v) is 19.3. The SMILES string of the molecule is COc1cc(C=NNC(=O)COc2cc(C)cc(C)c2)ccc1OC(=O)c1ccc([N+](=O)[O-])cc1. The van der Waals surface area contributed by atoms with Crippen molar-refractivity contribution in [3.63, 3.8) is 0 Å². The highest BCUT2D eigenvalue weighted by molar-refractivity contribution is 5.92. The number of rotatable bonds is 9. The van der Waals surface area contributed by atoms with Crippen LogP contribution < -0.4 is 19.6 Å². The van der Waals surface area contributed by atoms with E-state index in [1.165, 1.54) is 43.7 Å². The number of amides is 1. The van der Waals surface area contributed by atoms with E-state index >= 15 is 0 Å². The van der Waals surface area contributed by atoms with E-state index in [1.54, 1.807) is 12.1 Å². The fraction of sp³-hybridized carbons (Fsp3) is 0.160. The first kappa shape index (κ1) is 24.9. The first-order valence-electron chi connectivity index (χ1n) is 10.4. The molecule has 0 saturated carbocycles. The summed E-state index contributed by atoms with van der Waals surface area (Å²) in [5, 5.41) is 14.6. The van der Waals surface area contributed by atoms with Gasteiger partial charge in [-0.2, -0.15) is 5.10 Å². The zero-order valence-electron chi connectivity index (χ0n) is 19.3. The molecule has 1 N–H and O–H groups in total. The van der Waals surface area contributed by atoms with E-state index in [2.05, 4.69) is 10.5 Å². The number of hydrogen-bond acceptors (Lipinski definition) is 8. The lowest BCUT2D eigenvalue weighted by Crippen LogP contribution is -2.24. The number of nitrogens with zero attached hydrogens (tertiary/aromatic N) is 2. The van der Waals surface area contributed by atoms with Gasteiger partial charge in [0.2, 0.25) is 0 Å². The lowest BCUT2D eigenvalue weighted by atomic mass is 10.1. The molecule has 0 bridgehead atoms. The molecule has 10 nitrogen and oxygen atoms in total. The molecule has 0 unspecified atom stereocenters. The number of aryl methyl sites for hydroxylation is 2. The Hall–Kier alpha value is -4.73. The Bertz CT molecular complexity index is 1250. The summed E-state index contributed by atoms with van der Waals surface area (Å²) >= 11 is 0. The maximum Gasteiger partial charge on any atom is 0.343 e. The van der Waals surface area contributed by atoms with Gasteiger partial charge in [-0.3, -0.25) is 14.9 Å². The Morgan fingerprint density at radius 1 is 1.00 bits per heavy atom. The fourth-order valence-electron chi connectivity index (χ4n) is 3.10. The highest BCUT2D eigenvalue weighted by Crippen LogP contribution is 2.28. The minimum absolute atomic E-state index is 0.133. The van der Waals surface area contributed by atoms with Crippen molar-refractivity contribution in [1.29, 1.82) is 0 Å². The van der Waals surface area contributed by atoms with Gasteiger partial charge in [0.25, 0.3) is 11.6 Å². The Kier molecular flexibility index (Phi) is 8.12. The van der Waals surface area contributed by atoms with Crippen LogP contribution in [0.2, 0.25) is 0 Å². The van der Waals surface area contributed by atoms with Gasteiger partial charge in [-0.25, -0.2) is 10.2 Å². The first-order chi connectivity index (χ1) is 16.7. The van der Waals surface area contributed by atoms with Crippen molar-refractivity contribution in [2.45, 2.75) is 13.8 Å². The Morgan fingerprint density at radius 2 is 1.69 bits per heavy atom. The van der Waals surface area contributed by atoms with Crippen LogP contribution in [0.4, 0.5) is 5.69 Å². The molecule has 3 aromatic carbocycles. The van der Waals surface area contributed by atoms with Crippen molar-refractivity contribution >= 4 is 23.8 Å². The van der Waals surface area contributed by atoms with Crippen molar-refractivity contribution in [2.24, 2.45) is 5.10 Å². The van der Waals surface area contributed by atoms with Gasteiger partial charge in [-0.1, -0.05) is 6.07 Å². The smallest absolute Gasteiger partial charge is 0.343 e. The van der Waals surface area contributed by atoms with Gasteiger partial charge in [0, 0.05) is 12.1 Å². The summed E-state index contributed by atoms with van der Waals surface area (Å²) in [4.78, 5) is 34.6. The molecule has 0 fully saturated rings. The monoisotopic (exact) mass is 477 g/mol. The number of carbonyl (C=O) groups excluding carboxylic acids is 2. The average molecular weight is 477 g/mol. The molecule has 180 valence electrons. The maximum atomic E-state index is 12.4. The van der Waals surface area contributed by atoms with Gasteiger partial charge >= 0.3 is 5.97 Å². The van der Waals surface area contributed by atoms with Gasteiger partial charge < -0.3 is 14.2 Å². The summed E-state index contributed by atoms with van der Waals surface area (Å²) in [6.07, 6.45) is 1.40. The van der Waals surface area contributed by atoms with Crippen LogP contribution in [0.25, 0.3) is 0 Å². The Morgan fingerprint density at radius 3 is 2.31 bits per heavy atom. The van der Waals surface area contributed by atoms with Crippen molar-refractivity contribution in [3.8, 4) is 17.2 Å². The van der Waals surface area contributed by atoms with Crippen molar-refractivity contribution < 1.29 is 28.7 Å². The lowest BCUT2D eigenvalue weighted by Gasteiger charge is -2.10. The number of nitro benzene ring substituents is 1. The van der Waals surface area contributed by atoms with E-state index in [0.717, 1.165) is 11.1 Å². The molecule has 0 atom stereocenters. The summed E-state index contributed by atoms with van der Waals surface area (Å²) in [5.41, 5.74) is 5.04. The number of methoxy groups -OCH3 is 1. The van der Waals surface area contributed by atoms with Crippen LogP contribution in [0.5, 0.6) is 17.2 Å². The summed E-state index contributed by atoms with van der Waals surface area (Å²) in [6, 6.07) is 15.4. The highest BCUT2D eigenvalue weighted by atomic mass is 16.6. The molecular weight excluding hydrogens is 454 g/mol. The first-order valence-corrected chi connectivity index (χ1v) is 10.4. The molecule has 0 aliphatic heterocycles. The third-order valence-electron chi connectivity index (χ3n) is 4.67. The minimum Gasteiger partial charge on any atom is -0.493 e. The van der Waals surface area contributed by atoms with Crippen molar-refractivity contribution in [1.82, 2.24) is 5.43 Å². The maximum absolute atomic E-state index is 12.4. The number of carbonyl (C=O) groups is 2. The molecule has 0 heterocycles. The van der Waals surface area contributed by atoms with E-state index < -0.39 is 16.8 Å². The number of ether oxygens (including phenoxy) is 3. The number of non-ortho nitro benzene ring substituents is 1. The normalized spacial score (nSPS) is 10.6. The molecule has 0 saturated heterocycles. The standard InChI is InChI=1S/C25H23N3O7/c1-16-10-17(2)12-21(11-16)34-15-24(29)27-26-14-18-4-9-22(23(13-18)33-3)35-25(30)19-5-7-20(8-6-19)28(31)32/h4-14H,15H2,1-3H3,(H,27,29). The predicted molar refractivity (Wildman–Crippen MR) is 128 cm³/mol. The molecular formula is C25H23N3O7. The number of nitro groups is 1. The fourth-order valence-corrected chi connectivity index (χ4v) is 3.10. The van der Waals surface area contributed by atoms with Gasteiger partial charge in [-0.15, -0.1) is 0 Å². The third-order valence-corrected chi connectivity index (χ3v) is 4.67. The van der Waals surface area contributed by atoms with Gasteiger partial charge in [0.1, 0.15) is 5.75 Å². The average Bonchev–Trinajstić information content (AvgIpc) is 2.83. The quantitative estimate of drug-likeness (QED) is 0.162.